The number of aromatic nitrogens is 1. The van der Waals surface area contributed by atoms with Crippen molar-refractivity contribution in [1.82, 2.24) is 8.87 Å². The molecular formula is C17H20N2O5S. The van der Waals surface area contributed by atoms with Gasteiger partial charge in [-0.25, -0.2) is 8.42 Å². The Bertz CT molecular complexity index is 929. The minimum Gasteiger partial charge on any atom is -0.497 e. The Morgan fingerprint density at radius 3 is 2.28 bits per heavy atom. The fraction of sp³-hybridized carbons (Fsp3) is 0.353. The lowest BCUT2D eigenvalue weighted by atomic mass is 10.2. The van der Waals surface area contributed by atoms with Gasteiger partial charge in [0, 0.05) is 18.8 Å². The smallest absolute Gasteiger partial charge is 0.254 e. The maximum Gasteiger partial charge on any atom is 0.254 e. The van der Waals surface area contributed by atoms with Crippen LogP contribution in [0.1, 0.15) is 5.69 Å². The van der Waals surface area contributed by atoms with Gasteiger partial charge in [-0.05, 0) is 37.3 Å². The summed E-state index contributed by atoms with van der Waals surface area (Å²) >= 11 is 0. The maximum absolute atomic E-state index is 12.5. The molecule has 1 fully saturated rings. The summed E-state index contributed by atoms with van der Waals surface area (Å²) in [5, 5.41) is 0. The van der Waals surface area contributed by atoms with Crippen LogP contribution in [0.5, 0.6) is 11.5 Å². The van der Waals surface area contributed by atoms with Gasteiger partial charge in [0.25, 0.3) is 5.56 Å². The van der Waals surface area contributed by atoms with Crippen molar-refractivity contribution in [3.05, 3.63) is 52.4 Å². The number of sulfonamides is 1. The molecule has 7 nitrogen and oxygen atoms in total. The van der Waals surface area contributed by atoms with Crippen LogP contribution < -0.4 is 15.0 Å². The standard InChI is InChI=1S/C17H20N2O5S/c1-12-8-14(9-17(20)18(12)2)24-15-10-19(11-15)25(21,22)16-6-4-13(23-3)5-7-16/h4-9,15H,10-11H2,1-3H3. The van der Waals surface area contributed by atoms with Gasteiger partial charge >= 0.3 is 0 Å². The zero-order valence-corrected chi connectivity index (χ0v) is 15.1. The first-order chi connectivity index (χ1) is 11.8. The second-order valence-electron chi connectivity index (χ2n) is 5.97. The quantitative estimate of drug-likeness (QED) is 0.795. The van der Waals surface area contributed by atoms with Crippen LogP contribution in [-0.2, 0) is 17.1 Å². The van der Waals surface area contributed by atoms with Crippen LogP contribution in [0.15, 0.2) is 46.1 Å². The van der Waals surface area contributed by atoms with Crippen LogP contribution in [-0.4, -0.2) is 43.6 Å². The number of rotatable bonds is 5. The molecule has 2 heterocycles. The summed E-state index contributed by atoms with van der Waals surface area (Å²) < 4.78 is 38.7. The molecule has 1 aliphatic heterocycles. The molecule has 1 aromatic carbocycles. The molecule has 0 amide bonds. The lowest BCUT2D eigenvalue weighted by Crippen LogP contribution is -2.56. The summed E-state index contributed by atoms with van der Waals surface area (Å²) in [7, 11) is -0.328. The first kappa shape index (κ1) is 17.5. The van der Waals surface area contributed by atoms with Crippen LogP contribution in [0.25, 0.3) is 0 Å². The molecule has 0 bridgehead atoms. The molecule has 1 saturated heterocycles. The molecule has 0 spiro atoms. The molecular weight excluding hydrogens is 344 g/mol. The predicted octanol–water partition coefficient (Wildman–Crippen LogP) is 1.15. The van der Waals surface area contributed by atoms with Gasteiger partial charge in [-0.2, -0.15) is 4.31 Å². The molecule has 0 radical (unpaired) electrons. The van der Waals surface area contributed by atoms with Crippen molar-refractivity contribution in [3.63, 3.8) is 0 Å². The van der Waals surface area contributed by atoms with E-state index in [4.69, 9.17) is 9.47 Å². The van der Waals surface area contributed by atoms with E-state index in [2.05, 4.69) is 0 Å². The van der Waals surface area contributed by atoms with E-state index in [0.29, 0.717) is 11.5 Å². The zero-order valence-electron chi connectivity index (χ0n) is 14.3. The van der Waals surface area contributed by atoms with Gasteiger partial charge in [0.05, 0.1) is 25.1 Å². The second kappa shape index (κ2) is 6.53. The SMILES string of the molecule is COc1ccc(S(=O)(=O)N2CC(Oc3cc(C)n(C)c(=O)c3)C2)cc1. The molecule has 2 aromatic rings. The van der Waals surface area contributed by atoms with Gasteiger partial charge in [0.15, 0.2) is 0 Å². The predicted molar refractivity (Wildman–Crippen MR) is 92.6 cm³/mol. The molecule has 0 aliphatic carbocycles. The minimum atomic E-state index is -3.54. The van der Waals surface area contributed by atoms with Crippen molar-refractivity contribution in [3.8, 4) is 11.5 Å². The van der Waals surface area contributed by atoms with Gasteiger partial charge in [-0.15, -0.1) is 0 Å². The highest BCUT2D eigenvalue weighted by Gasteiger charge is 2.38. The summed E-state index contributed by atoms with van der Waals surface area (Å²) in [6.45, 7) is 2.32. The lowest BCUT2D eigenvalue weighted by Gasteiger charge is -2.37. The van der Waals surface area contributed by atoms with Crippen molar-refractivity contribution in [2.24, 2.45) is 7.05 Å². The first-order valence-electron chi connectivity index (χ1n) is 7.80. The molecule has 1 aromatic heterocycles. The number of hydrogen-bond donors (Lipinski definition) is 0. The van der Waals surface area contributed by atoms with Crippen LogP contribution in [0, 0.1) is 6.92 Å². The topological polar surface area (TPSA) is 77.8 Å². The minimum absolute atomic E-state index is 0.156. The lowest BCUT2D eigenvalue weighted by molar-refractivity contribution is 0.0759. The fourth-order valence-corrected chi connectivity index (χ4v) is 4.07. The van der Waals surface area contributed by atoms with Crippen molar-refractivity contribution >= 4 is 10.0 Å². The van der Waals surface area contributed by atoms with Crippen LogP contribution in [0.2, 0.25) is 0 Å². The third-order valence-electron chi connectivity index (χ3n) is 4.29. The van der Waals surface area contributed by atoms with Gasteiger partial charge in [0.1, 0.15) is 17.6 Å². The van der Waals surface area contributed by atoms with Gasteiger partial charge in [-0.1, -0.05) is 0 Å². The Hall–Kier alpha value is -2.32. The summed E-state index contributed by atoms with van der Waals surface area (Å²) in [6.07, 6.45) is -0.264. The number of pyridine rings is 1. The molecule has 134 valence electrons. The van der Waals surface area contributed by atoms with Gasteiger partial charge in [-0.3, -0.25) is 4.79 Å². The number of aryl methyl sites for hydroxylation is 1. The largest absolute Gasteiger partial charge is 0.497 e. The summed E-state index contributed by atoms with van der Waals surface area (Å²) in [5.41, 5.74) is 0.626. The molecule has 0 unspecified atom stereocenters. The van der Waals surface area contributed by atoms with E-state index in [9.17, 15) is 13.2 Å². The van der Waals surface area contributed by atoms with Crippen molar-refractivity contribution in [2.45, 2.75) is 17.9 Å². The van der Waals surface area contributed by atoms with E-state index in [1.54, 1.807) is 25.2 Å². The summed E-state index contributed by atoms with van der Waals surface area (Å²) in [5.74, 6) is 1.07. The van der Waals surface area contributed by atoms with E-state index in [1.165, 1.54) is 34.2 Å². The van der Waals surface area contributed by atoms with Gasteiger partial charge < -0.3 is 14.0 Å². The van der Waals surface area contributed by atoms with E-state index in [1.807, 2.05) is 6.92 Å². The Morgan fingerprint density at radius 1 is 1.08 bits per heavy atom. The molecule has 8 heteroatoms. The number of ether oxygens (including phenoxy) is 2. The van der Waals surface area contributed by atoms with Crippen molar-refractivity contribution in [2.75, 3.05) is 20.2 Å². The number of benzene rings is 1. The number of nitrogens with zero attached hydrogens (tertiary/aromatic N) is 2. The van der Waals surface area contributed by atoms with E-state index in [0.717, 1.165) is 5.69 Å². The van der Waals surface area contributed by atoms with E-state index in [-0.39, 0.29) is 29.6 Å². The van der Waals surface area contributed by atoms with Crippen LogP contribution in [0.4, 0.5) is 0 Å². The Kier molecular flexibility index (Phi) is 4.57. The van der Waals surface area contributed by atoms with E-state index >= 15 is 0 Å². The second-order valence-corrected chi connectivity index (χ2v) is 7.91. The van der Waals surface area contributed by atoms with Gasteiger partial charge in [0.2, 0.25) is 10.0 Å². The third kappa shape index (κ3) is 3.40. The Labute approximate surface area is 146 Å². The highest BCUT2D eigenvalue weighted by atomic mass is 32.2. The Morgan fingerprint density at radius 2 is 1.72 bits per heavy atom. The highest BCUT2D eigenvalue weighted by molar-refractivity contribution is 7.89. The summed E-state index contributed by atoms with van der Waals surface area (Å²) in [6, 6.07) is 9.45. The first-order valence-corrected chi connectivity index (χ1v) is 9.24. The van der Waals surface area contributed by atoms with E-state index < -0.39 is 10.0 Å². The average molecular weight is 364 g/mol. The number of methoxy groups -OCH3 is 1. The summed E-state index contributed by atoms with van der Waals surface area (Å²) in [4.78, 5) is 12.0. The average Bonchev–Trinajstić information content (AvgIpc) is 2.55. The number of hydrogen-bond acceptors (Lipinski definition) is 5. The third-order valence-corrected chi connectivity index (χ3v) is 6.14. The van der Waals surface area contributed by atoms with Crippen molar-refractivity contribution < 1.29 is 17.9 Å². The fourth-order valence-electron chi connectivity index (χ4n) is 2.57. The van der Waals surface area contributed by atoms with Crippen LogP contribution >= 0.6 is 0 Å². The maximum atomic E-state index is 12.5. The molecule has 0 N–H and O–H groups in total. The molecule has 0 atom stereocenters. The molecule has 3 rings (SSSR count). The molecule has 25 heavy (non-hydrogen) atoms. The molecule has 1 aliphatic rings. The van der Waals surface area contributed by atoms with Crippen molar-refractivity contribution in [1.29, 1.82) is 0 Å². The highest BCUT2D eigenvalue weighted by Crippen LogP contribution is 2.25. The Balaban J connectivity index is 1.66. The molecule has 0 saturated carbocycles. The monoisotopic (exact) mass is 364 g/mol. The van der Waals surface area contributed by atoms with Crippen LogP contribution in [0.3, 0.4) is 0 Å². The normalized spacial score (nSPS) is 15.6. The zero-order chi connectivity index (χ0) is 18.2.